The molecule has 1 aliphatic rings. The van der Waals surface area contributed by atoms with Gasteiger partial charge in [0.2, 0.25) is 0 Å². The van der Waals surface area contributed by atoms with E-state index in [-0.39, 0.29) is 12.1 Å². The summed E-state index contributed by atoms with van der Waals surface area (Å²) in [5, 5.41) is 2.65. The summed E-state index contributed by atoms with van der Waals surface area (Å²) in [7, 11) is 0. The van der Waals surface area contributed by atoms with Gasteiger partial charge in [-0.3, -0.25) is 4.79 Å². The van der Waals surface area contributed by atoms with E-state index in [1.54, 1.807) is 6.92 Å². The van der Waals surface area contributed by atoms with Crippen LogP contribution >= 0.6 is 0 Å². The summed E-state index contributed by atoms with van der Waals surface area (Å²) in [6, 6.07) is 8.12. The molecule has 1 N–H and O–H groups in total. The normalized spacial score (nSPS) is 16.8. The van der Waals surface area contributed by atoms with Gasteiger partial charge in [0.15, 0.2) is 0 Å². The highest BCUT2D eigenvalue weighted by Gasteiger charge is 2.28. The third-order valence-corrected chi connectivity index (χ3v) is 8.10. The summed E-state index contributed by atoms with van der Waals surface area (Å²) in [5.74, 6) is 1.12. The third kappa shape index (κ3) is 17.5. The highest BCUT2D eigenvalue weighted by molar-refractivity contribution is 5.69. The molecular formula is C36H59NO5. The van der Waals surface area contributed by atoms with E-state index in [2.05, 4.69) is 36.5 Å². The minimum Gasteiger partial charge on any atom is -0.492 e. The van der Waals surface area contributed by atoms with Gasteiger partial charge in [-0.1, -0.05) is 89.0 Å². The van der Waals surface area contributed by atoms with Crippen LogP contribution in [0.3, 0.4) is 0 Å². The molecule has 6 heteroatoms. The number of nitrogens with one attached hydrogen (secondary N) is 1. The molecule has 1 aliphatic carbocycles. The number of carbonyl (C=O) groups excluding carboxylic acids is 2. The van der Waals surface area contributed by atoms with E-state index < -0.39 is 6.09 Å². The Morgan fingerprint density at radius 2 is 1.48 bits per heavy atom. The number of hydrogen-bond donors (Lipinski definition) is 1. The van der Waals surface area contributed by atoms with E-state index in [0.717, 1.165) is 44.3 Å². The average Bonchev–Trinajstić information content (AvgIpc) is 2.99. The van der Waals surface area contributed by atoms with Gasteiger partial charge in [0.25, 0.3) is 0 Å². The number of hydrogen-bond acceptors (Lipinski definition) is 5. The zero-order valence-corrected chi connectivity index (χ0v) is 26.7. The summed E-state index contributed by atoms with van der Waals surface area (Å²) in [5.41, 5.74) is 1.23. The van der Waals surface area contributed by atoms with Crippen LogP contribution in [0.5, 0.6) is 5.75 Å². The Balaban J connectivity index is 1.54. The molecule has 6 nitrogen and oxygen atoms in total. The van der Waals surface area contributed by atoms with E-state index in [9.17, 15) is 9.59 Å². The van der Waals surface area contributed by atoms with Crippen LogP contribution in [-0.4, -0.2) is 37.9 Å². The lowest BCUT2D eigenvalue weighted by molar-refractivity contribution is -0.153. The van der Waals surface area contributed by atoms with Crippen LogP contribution in [0.2, 0.25) is 0 Å². The number of amides is 1. The number of ether oxygens (including phenoxy) is 3. The van der Waals surface area contributed by atoms with Gasteiger partial charge in [-0.05, 0) is 88.3 Å². The fourth-order valence-electron chi connectivity index (χ4n) is 5.66. The maximum absolute atomic E-state index is 12.6. The molecule has 1 amide bonds. The van der Waals surface area contributed by atoms with Crippen molar-refractivity contribution in [3.05, 3.63) is 42.0 Å². The van der Waals surface area contributed by atoms with Gasteiger partial charge in [0, 0.05) is 6.42 Å². The highest BCUT2D eigenvalue weighted by atomic mass is 16.5. The van der Waals surface area contributed by atoms with Crippen LogP contribution in [0, 0.1) is 5.92 Å². The molecule has 42 heavy (non-hydrogen) atoms. The fraction of sp³-hybridized carbons (Fsp3) is 0.722. The summed E-state index contributed by atoms with van der Waals surface area (Å²) < 4.78 is 16.6. The van der Waals surface area contributed by atoms with Crippen LogP contribution in [0.1, 0.15) is 135 Å². The van der Waals surface area contributed by atoms with Crippen molar-refractivity contribution in [1.82, 2.24) is 5.32 Å². The van der Waals surface area contributed by atoms with Crippen LogP contribution in [-0.2, 0) is 20.7 Å². The number of unbranched alkanes of at least 4 members (excludes halogenated alkanes) is 11. The molecule has 1 aromatic carbocycles. The largest absolute Gasteiger partial charge is 0.492 e. The van der Waals surface area contributed by atoms with Crippen molar-refractivity contribution >= 4 is 12.1 Å². The van der Waals surface area contributed by atoms with E-state index in [4.69, 9.17) is 14.2 Å². The Morgan fingerprint density at radius 1 is 0.833 bits per heavy atom. The molecule has 0 radical (unpaired) electrons. The molecule has 238 valence electrons. The predicted molar refractivity (Wildman–Crippen MR) is 172 cm³/mol. The number of alkyl carbamates (subject to hydrolysis) is 1. The maximum atomic E-state index is 12.6. The maximum Gasteiger partial charge on any atom is 0.407 e. The van der Waals surface area contributed by atoms with E-state index in [0.29, 0.717) is 32.1 Å². The third-order valence-electron chi connectivity index (χ3n) is 8.10. The van der Waals surface area contributed by atoms with Crippen molar-refractivity contribution in [3.63, 3.8) is 0 Å². The van der Waals surface area contributed by atoms with Crippen LogP contribution in [0.15, 0.2) is 36.4 Å². The Kier molecular flexibility index (Phi) is 20.4. The fourth-order valence-corrected chi connectivity index (χ4v) is 5.66. The molecule has 2 atom stereocenters. The quantitative estimate of drug-likeness (QED) is 0.0786. The number of carbonyl (C=O) groups is 2. The van der Waals surface area contributed by atoms with Gasteiger partial charge in [-0.25, -0.2) is 4.79 Å². The van der Waals surface area contributed by atoms with Crippen molar-refractivity contribution in [1.29, 1.82) is 0 Å². The molecule has 0 aliphatic heterocycles. The van der Waals surface area contributed by atoms with Gasteiger partial charge in [0.05, 0.1) is 13.2 Å². The number of esters is 1. The first kappa shape index (κ1) is 35.7. The second-order valence-electron chi connectivity index (χ2n) is 11.8. The first-order valence-corrected chi connectivity index (χ1v) is 17.1. The Bertz CT molecular complexity index is 853. The van der Waals surface area contributed by atoms with Gasteiger partial charge < -0.3 is 19.5 Å². The Morgan fingerprint density at radius 3 is 2.17 bits per heavy atom. The van der Waals surface area contributed by atoms with Crippen molar-refractivity contribution in [2.45, 2.75) is 142 Å². The monoisotopic (exact) mass is 585 g/mol. The zero-order chi connectivity index (χ0) is 30.1. The minimum atomic E-state index is -0.424. The molecule has 2 rings (SSSR count). The number of allylic oxidation sites excluding steroid dienone is 2. The van der Waals surface area contributed by atoms with Gasteiger partial charge in [-0.2, -0.15) is 0 Å². The number of benzene rings is 1. The van der Waals surface area contributed by atoms with Gasteiger partial charge in [0.1, 0.15) is 18.5 Å². The summed E-state index contributed by atoms with van der Waals surface area (Å²) in [4.78, 5) is 23.9. The minimum absolute atomic E-state index is 0.0234. The topological polar surface area (TPSA) is 73.9 Å². The molecule has 2 unspecified atom stereocenters. The lowest BCUT2D eigenvalue weighted by atomic mass is 9.82. The van der Waals surface area contributed by atoms with E-state index in [1.165, 1.54) is 82.6 Å². The van der Waals surface area contributed by atoms with E-state index in [1.807, 2.05) is 12.1 Å². The van der Waals surface area contributed by atoms with Gasteiger partial charge in [-0.15, -0.1) is 0 Å². The lowest BCUT2D eigenvalue weighted by Crippen LogP contribution is -2.31. The molecular weight excluding hydrogens is 526 g/mol. The summed E-state index contributed by atoms with van der Waals surface area (Å²) >= 11 is 0. The standard InChI is InChI=1S/C36H59NO5/c1-3-5-6-7-8-9-10-11-12-13-14-15-16-17-18-23-35(38)42-34-22-20-19-21-32(34)30-31-24-26-33(27-25-31)41-29-28-37-36(39)40-4-2/h11-12,24-27,32,34H,3-10,13-23,28-30H2,1-2H3,(H,37,39). The summed E-state index contributed by atoms with van der Waals surface area (Å²) in [6.07, 6.45) is 26.5. The zero-order valence-electron chi connectivity index (χ0n) is 26.7. The average molecular weight is 586 g/mol. The van der Waals surface area contributed by atoms with Gasteiger partial charge >= 0.3 is 12.1 Å². The second kappa shape index (κ2) is 24.0. The second-order valence-corrected chi connectivity index (χ2v) is 11.8. The van der Waals surface area contributed by atoms with Crippen LogP contribution in [0.4, 0.5) is 4.79 Å². The smallest absolute Gasteiger partial charge is 0.407 e. The molecule has 0 heterocycles. The molecule has 1 saturated carbocycles. The van der Waals surface area contributed by atoms with E-state index >= 15 is 0 Å². The van der Waals surface area contributed by atoms with Crippen molar-refractivity contribution in [3.8, 4) is 5.75 Å². The van der Waals surface area contributed by atoms with Crippen molar-refractivity contribution in [2.75, 3.05) is 19.8 Å². The number of rotatable bonds is 23. The Labute approximate surface area is 256 Å². The molecule has 1 aromatic rings. The predicted octanol–water partition coefficient (Wildman–Crippen LogP) is 9.49. The SMILES string of the molecule is CCCCCCCCC=CCCCCCCCC(=O)OC1CCCCC1Cc1ccc(OCCNC(=O)OCC)cc1. The molecule has 0 bridgehead atoms. The molecule has 0 saturated heterocycles. The van der Waals surface area contributed by atoms with Crippen molar-refractivity contribution < 1.29 is 23.8 Å². The summed E-state index contributed by atoms with van der Waals surface area (Å²) in [6.45, 7) is 5.18. The molecule has 1 fully saturated rings. The highest BCUT2D eigenvalue weighted by Crippen LogP contribution is 2.30. The Hall–Kier alpha value is -2.50. The lowest BCUT2D eigenvalue weighted by Gasteiger charge is -2.31. The van der Waals surface area contributed by atoms with Crippen molar-refractivity contribution in [2.24, 2.45) is 5.92 Å². The van der Waals surface area contributed by atoms with Crippen LogP contribution < -0.4 is 10.1 Å². The first-order valence-electron chi connectivity index (χ1n) is 17.1. The van der Waals surface area contributed by atoms with Crippen LogP contribution in [0.25, 0.3) is 0 Å². The first-order chi connectivity index (χ1) is 20.6. The molecule has 0 spiro atoms. The molecule has 0 aromatic heterocycles.